The minimum atomic E-state index is -1.68. The molecule has 0 radical (unpaired) electrons. The van der Waals surface area contributed by atoms with Gasteiger partial charge in [0, 0.05) is 0 Å². The van der Waals surface area contributed by atoms with Crippen LogP contribution in [0.1, 0.15) is 25.3 Å². The number of aryl methyl sites for hydroxylation is 1. The minimum Gasteiger partial charge on any atom is -0.479 e. The summed E-state index contributed by atoms with van der Waals surface area (Å²) in [6.07, 6.45) is 1.36. The average molecular weight is 226 g/mol. The highest BCUT2D eigenvalue weighted by Gasteiger charge is 2.28. The van der Waals surface area contributed by atoms with Gasteiger partial charge in [-0.1, -0.05) is 12.1 Å². The highest BCUT2D eigenvalue weighted by atomic mass is 19.1. The number of halogens is 1. The zero-order valence-electron chi connectivity index (χ0n) is 9.11. The monoisotopic (exact) mass is 226 g/mol. The van der Waals surface area contributed by atoms with Crippen molar-refractivity contribution in [1.82, 2.24) is 0 Å². The topological polar surface area (TPSA) is 57.5 Å². The highest BCUT2D eigenvalue weighted by molar-refractivity contribution is 5.76. The van der Waals surface area contributed by atoms with E-state index in [1.54, 1.807) is 12.1 Å². The van der Waals surface area contributed by atoms with E-state index in [0.29, 0.717) is 12.8 Å². The third-order valence-corrected chi connectivity index (χ3v) is 2.50. The Balaban J connectivity index is 2.41. The van der Waals surface area contributed by atoms with Gasteiger partial charge in [0.05, 0.1) is 0 Å². The van der Waals surface area contributed by atoms with E-state index in [1.807, 2.05) is 0 Å². The van der Waals surface area contributed by atoms with Gasteiger partial charge < -0.3 is 10.2 Å². The molecule has 1 rings (SSSR count). The summed E-state index contributed by atoms with van der Waals surface area (Å²) in [5, 5.41) is 18.1. The van der Waals surface area contributed by atoms with Crippen molar-refractivity contribution in [3.8, 4) is 0 Å². The van der Waals surface area contributed by atoms with E-state index >= 15 is 0 Å². The molecule has 88 valence electrons. The lowest BCUT2D eigenvalue weighted by Crippen LogP contribution is -2.34. The largest absolute Gasteiger partial charge is 0.479 e. The molecule has 0 aliphatic carbocycles. The lowest BCUT2D eigenvalue weighted by atomic mass is 9.97. The molecule has 1 atom stereocenters. The SMILES string of the molecule is CC(O)(CCCc1ccc(F)cc1)C(=O)O. The van der Waals surface area contributed by atoms with Crippen LogP contribution in [0.15, 0.2) is 24.3 Å². The predicted molar refractivity (Wildman–Crippen MR) is 57.6 cm³/mol. The highest BCUT2D eigenvalue weighted by Crippen LogP contribution is 2.15. The third kappa shape index (κ3) is 3.62. The molecule has 1 unspecified atom stereocenters. The van der Waals surface area contributed by atoms with E-state index < -0.39 is 11.6 Å². The normalized spacial score (nSPS) is 14.4. The van der Waals surface area contributed by atoms with Crippen molar-refractivity contribution in [3.05, 3.63) is 35.6 Å². The van der Waals surface area contributed by atoms with Gasteiger partial charge in [-0.2, -0.15) is 0 Å². The molecular weight excluding hydrogens is 211 g/mol. The summed E-state index contributed by atoms with van der Waals surface area (Å²) in [4.78, 5) is 10.6. The molecule has 4 heteroatoms. The molecule has 0 saturated heterocycles. The molecule has 0 bridgehead atoms. The number of carbonyl (C=O) groups is 1. The molecule has 1 aromatic carbocycles. The molecule has 0 fully saturated rings. The van der Waals surface area contributed by atoms with E-state index in [-0.39, 0.29) is 12.2 Å². The lowest BCUT2D eigenvalue weighted by molar-refractivity contribution is -0.157. The van der Waals surface area contributed by atoms with Gasteiger partial charge in [0.25, 0.3) is 0 Å². The quantitative estimate of drug-likeness (QED) is 0.807. The maximum Gasteiger partial charge on any atom is 0.335 e. The summed E-state index contributed by atoms with van der Waals surface area (Å²) in [7, 11) is 0. The minimum absolute atomic E-state index is 0.180. The number of carboxylic acid groups (broad SMARTS) is 1. The lowest BCUT2D eigenvalue weighted by Gasteiger charge is -2.17. The van der Waals surface area contributed by atoms with E-state index in [1.165, 1.54) is 19.1 Å². The zero-order chi connectivity index (χ0) is 12.2. The number of hydrogen-bond acceptors (Lipinski definition) is 2. The summed E-state index contributed by atoms with van der Waals surface area (Å²) in [5.41, 5.74) is -0.748. The predicted octanol–water partition coefficient (Wildman–Crippen LogP) is 1.98. The zero-order valence-corrected chi connectivity index (χ0v) is 9.11. The third-order valence-electron chi connectivity index (χ3n) is 2.50. The van der Waals surface area contributed by atoms with E-state index in [0.717, 1.165) is 5.56 Å². The van der Waals surface area contributed by atoms with Crippen molar-refractivity contribution >= 4 is 5.97 Å². The summed E-state index contributed by atoms with van der Waals surface area (Å²) in [6, 6.07) is 6.05. The van der Waals surface area contributed by atoms with Crippen LogP contribution in [0.5, 0.6) is 0 Å². The maximum atomic E-state index is 12.6. The molecule has 0 heterocycles. The van der Waals surface area contributed by atoms with Crippen LogP contribution in [-0.2, 0) is 11.2 Å². The number of rotatable bonds is 5. The number of hydrogen-bond donors (Lipinski definition) is 2. The van der Waals surface area contributed by atoms with Crippen LogP contribution in [0.3, 0.4) is 0 Å². The second-order valence-corrected chi connectivity index (χ2v) is 4.06. The van der Waals surface area contributed by atoms with E-state index in [2.05, 4.69) is 0 Å². The fourth-order valence-electron chi connectivity index (χ4n) is 1.39. The molecule has 0 aromatic heterocycles. The van der Waals surface area contributed by atoms with Crippen LogP contribution in [0, 0.1) is 5.82 Å². The molecule has 1 aromatic rings. The van der Waals surface area contributed by atoms with Crippen molar-refractivity contribution in [2.24, 2.45) is 0 Å². The van der Waals surface area contributed by atoms with Gasteiger partial charge in [-0.3, -0.25) is 0 Å². The second kappa shape index (κ2) is 5.07. The standard InChI is InChI=1S/C12H15FO3/c1-12(16,11(14)15)8-2-3-9-4-6-10(13)7-5-9/h4-7,16H,2-3,8H2,1H3,(H,14,15). The van der Waals surface area contributed by atoms with E-state index in [4.69, 9.17) is 5.11 Å². The Kier molecular flexibility index (Phi) is 4.01. The molecule has 0 spiro atoms. The van der Waals surface area contributed by atoms with Crippen molar-refractivity contribution in [3.63, 3.8) is 0 Å². The fourth-order valence-corrected chi connectivity index (χ4v) is 1.39. The Morgan fingerprint density at radius 1 is 1.38 bits per heavy atom. The Labute approximate surface area is 93.5 Å². The van der Waals surface area contributed by atoms with Crippen LogP contribution in [0.25, 0.3) is 0 Å². The molecule has 0 aliphatic rings. The van der Waals surface area contributed by atoms with Gasteiger partial charge in [-0.05, 0) is 43.9 Å². The van der Waals surface area contributed by atoms with Crippen molar-refractivity contribution in [2.45, 2.75) is 31.8 Å². The molecule has 16 heavy (non-hydrogen) atoms. The maximum absolute atomic E-state index is 12.6. The first kappa shape index (κ1) is 12.6. The van der Waals surface area contributed by atoms with Crippen LogP contribution >= 0.6 is 0 Å². The van der Waals surface area contributed by atoms with Gasteiger partial charge in [-0.25, -0.2) is 9.18 Å². The Morgan fingerprint density at radius 2 is 1.94 bits per heavy atom. The molecule has 0 aliphatic heterocycles. The first-order chi connectivity index (χ1) is 7.42. The van der Waals surface area contributed by atoms with Crippen molar-refractivity contribution in [1.29, 1.82) is 0 Å². The smallest absolute Gasteiger partial charge is 0.335 e. The van der Waals surface area contributed by atoms with Crippen LogP contribution in [0.2, 0.25) is 0 Å². The Bertz CT molecular complexity index is 357. The second-order valence-electron chi connectivity index (χ2n) is 4.06. The van der Waals surface area contributed by atoms with Gasteiger partial charge >= 0.3 is 5.97 Å². The first-order valence-electron chi connectivity index (χ1n) is 5.12. The summed E-state index contributed by atoms with van der Waals surface area (Å²) >= 11 is 0. The Morgan fingerprint density at radius 3 is 2.44 bits per heavy atom. The van der Waals surface area contributed by atoms with Crippen LogP contribution in [0.4, 0.5) is 4.39 Å². The summed E-state index contributed by atoms with van der Waals surface area (Å²) in [5.74, 6) is -1.51. The molecular formula is C12H15FO3. The average Bonchev–Trinajstić information content (AvgIpc) is 2.20. The van der Waals surface area contributed by atoms with Crippen LogP contribution < -0.4 is 0 Å². The molecule has 0 amide bonds. The fraction of sp³-hybridized carbons (Fsp3) is 0.417. The number of carboxylic acids is 1. The summed E-state index contributed by atoms with van der Waals surface area (Å²) in [6.45, 7) is 1.28. The Hall–Kier alpha value is -1.42. The van der Waals surface area contributed by atoms with Crippen molar-refractivity contribution in [2.75, 3.05) is 0 Å². The van der Waals surface area contributed by atoms with Gasteiger partial charge in [-0.15, -0.1) is 0 Å². The van der Waals surface area contributed by atoms with Gasteiger partial charge in [0.1, 0.15) is 5.82 Å². The number of benzene rings is 1. The summed E-state index contributed by atoms with van der Waals surface area (Å²) < 4.78 is 12.6. The first-order valence-corrected chi connectivity index (χ1v) is 5.12. The molecule has 0 saturated carbocycles. The number of aliphatic carboxylic acids is 1. The van der Waals surface area contributed by atoms with Crippen LogP contribution in [-0.4, -0.2) is 21.8 Å². The van der Waals surface area contributed by atoms with Gasteiger partial charge in [0.15, 0.2) is 5.60 Å². The number of aliphatic hydroxyl groups is 1. The molecule has 3 nitrogen and oxygen atoms in total. The molecule has 2 N–H and O–H groups in total. The van der Waals surface area contributed by atoms with E-state index in [9.17, 15) is 14.3 Å². The van der Waals surface area contributed by atoms with Gasteiger partial charge in [0.2, 0.25) is 0 Å². The van der Waals surface area contributed by atoms with Crippen molar-refractivity contribution < 1.29 is 19.4 Å².